The van der Waals surface area contributed by atoms with Gasteiger partial charge < -0.3 is 10.2 Å². The number of hydrogen-bond donors (Lipinski definition) is 1. The normalized spacial score (nSPS) is 13.2. The summed E-state index contributed by atoms with van der Waals surface area (Å²) in [6.07, 6.45) is 1.46. The Morgan fingerprint density at radius 3 is 3.00 bits per heavy atom. The molecule has 0 bridgehead atoms. The Morgan fingerprint density at radius 2 is 2.29 bits per heavy atom. The Labute approximate surface area is 105 Å². The molecular formula is C10H15ClN6. The van der Waals surface area contributed by atoms with E-state index in [1.165, 1.54) is 6.33 Å². The fourth-order valence-electron chi connectivity index (χ4n) is 1.73. The summed E-state index contributed by atoms with van der Waals surface area (Å²) in [7, 11) is 4.06. The summed E-state index contributed by atoms with van der Waals surface area (Å²) >= 11 is 5.93. The number of anilines is 1. The molecule has 2 heterocycles. The minimum Gasteiger partial charge on any atom is -0.366 e. The van der Waals surface area contributed by atoms with Gasteiger partial charge in [0, 0.05) is 18.7 Å². The van der Waals surface area contributed by atoms with E-state index in [1.807, 2.05) is 14.1 Å². The average Bonchev–Trinajstić information content (AvgIpc) is 2.63. The number of nitrogens with zero attached hydrogens (tertiary/aromatic N) is 5. The third-order valence-electron chi connectivity index (χ3n) is 2.25. The average molecular weight is 255 g/mol. The van der Waals surface area contributed by atoms with Crippen molar-refractivity contribution in [2.75, 3.05) is 26.0 Å². The summed E-state index contributed by atoms with van der Waals surface area (Å²) in [5.74, 6) is 1.30. The third kappa shape index (κ3) is 2.83. The largest absolute Gasteiger partial charge is 0.366 e. The second-order valence-electron chi connectivity index (χ2n) is 4.24. The molecule has 1 N–H and O–H groups in total. The van der Waals surface area contributed by atoms with Crippen LogP contribution >= 0.6 is 11.6 Å². The number of fused-ring (bicyclic) bond motifs is 1. The maximum absolute atomic E-state index is 5.93. The maximum atomic E-state index is 5.93. The van der Waals surface area contributed by atoms with E-state index < -0.39 is 0 Å². The summed E-state index contributed by atoms with van der Waals surface area (Å²) < 4.78 is 1.64. The van der Waals surface area contributed by atoms with Crippen molar-refractivity contribution in [1.29, 1.82) is 0 Å². The molecule has 7 heteroatoms. The molecule has 0 radical (unpaired) electrons. The summed E-state index contributed by atoms with van der Waals surface area (Å²) in [4.78, 5) is 10.2. The molecule has 0 saturated carbocycles. The Bertz CT molecular complexity index is 508. The van der Waals surface area contributed by atoms with Crippen LogP contribution in [0.15, 0.2) is 12.4 Å². The van der Waals surface area contributed by atoms with Gasteiger partial charge >= 0.3 is 0 Å². The molecule has 17 heavy (non-hydrogen) atoms. The minimum atomic E-state index is 0.274. The first kappa shape index (κ1) is 12.1. The molecule has 1 unspecified atom stereocenters. The molecule has 0 spiro atoms. The molecule has 0 aliphatic heterocycles. The van der Waals surface area contributed by atoms with Gasteiger partial charge in [0.1, 0.15) is 17.3 Å². The van der Waals surface area contributed by atoms with E-state index in [1.54, 1.807) is 10.6 Å². The highest BCUT2D eigenvalue weighted by Gasteiger charge is 2.09. The maximum Gasteiger partial charge on any atom is 0.255 e. The predicted molar refractivity (Wildman–Crippen MR) is 67.4 cm³/mol. The van der Waals surface area contributed by atoms with Gasteiger partial charge in [0.25, 0.3) is 5.78 Å². The molecule has 0 aliphatic carbocycles. The number of halogens is 1. The van der Waals surface area contributed by atoms with Gasteiger partial charge in [-0.15, -0.1) is 0 Å². The van der Waals surface area contributed by atoms with E-state index in [2.05, 4.69) is 32.2 Å². The van der Waals surface area contributed by atoms with Crippen LogP contribution in [-0.2, 0) is 0 Å². The second kappa shape index (κ2) is 4.85. The van der Waals surface area contributed by atoms with Gasteiger partial charge in [-0.2, -0.15) is 19.6 Å². The number of hydrogen-bond acceptors (Lipinski definition) is 5. The van der Waals surface area contributed by atoms with Gasteiger partial charge in [0.05, 0.1) is 0 Å². The van der Waals surface area contributed by atoms with Crippen LogP contribution < -0.4 is 5.32 Å². The van der Waals surface area contributed by atoms with E-state index in [-0.39, 0.29) is 6.04 Å². The molecular weight excluding hydrogens is 240 g/mol. The summed E-state index contributed by atoms with van der Waals surface area (Å²) in [5.41, 5.74) is 0. The highest BCUT2D eigenvalue weighted by atomic mass is 35.5. The molecule has 6 nitrogen and oxygen atoms in total. The minimum absolute atomic E-state index is 0.274. The Hall–Kier alpha value is -1.40. The predicted octanol–water partition coefficient (Wildman–Crippen LogP) is 1.14. The van der Waals surface area contributed by atoms with Crippen molar-refractivity contribution in [3.63, 3.8) is 0 Å². The first-order valence-corrected chi connectivity index (χ1v) is 5.71. The molecule has 0 amide bonds. The van der Waals surface area contributed by atoms with Crippen LogP contribution in [0.4, 0.5) is 5.82 Å². The van der Waals surface area contributed by atoms with Gasteiger partial charge in [-0.25, -0.2) is 0 Å². The summed E-state index contributed by atoms with van der Waals surface area (Å²) in [5, 5.41) is 7.85. The quantitative estimate of drug-likeness (QED) is 0.830. The zero-order valence-electron chi connectivity index (χ0n) is 10.1. The fourth-order valence-corrected chi connectivity index (χ4v) is 1.91. The Kier molecular flexibility index (Phi) is 3.44. The molecule has 0 saturated heterocycles. The zero-order valence-corrected chi connectivity index (χ0v) is 10.8. The van der Waals surface area contributed by atoms with Crippen molar-refractivity contribution in [2.24, 2.45) is 0 Å². The lowest BCUT2D eigenvalue weighted by Crippen LogP contribution is -2.30. The molecule has 2 aromatic heterocycles. The van der Waals surface area contributed by atoms with Crippen LogP contribution in [-0.4, -0.2) is 51.2 Å². The van der Waals surface area contributed by atoms with Gasteiger partial charge in [0.2, 0.25) is 0 Å². The molecule has 0 aliphatic rings. The molecule has 2 aromatic rings. The van der Waals surface area contributed by atoms with Crippen LogP contribution in [0.5, 0.6) is 0 Å². The molecule has 0 aromatic carbocycles. The smallest absolute Gasteiger partial charge is 0.255 e. The van der Waals surface area contributed by atoms with Gasteiger partial charge in [0.15, 0.2) is 0 Å². The van der Waals surface area contributed by atoms with E-state index in [0.717, 1.165) is 12.4 Å². The van der Waals surface area contributed by atoms with Crippen LogP contribution in [0, 0.1) is 0 Å². The van der Waals surface area contributed by atoms with Crippen molar-refractivity contribution in [3.8, 4) is 0 Å². The van der Waals surface area contributed by atoms with E-state index in [9.17, 15) is 0 Å². The van der Waals surface area contributed by atoms with Crippen LogP contribution in [0.25, 0.3) is 5.78 Å². The molecule has 92 valence electrons. The second-order valence-corrected chi connectivity index (χ2v) is 4.63. The number of rotatable bonds is 4. The number of aromatic nitrogens is 4. The summed E-state index contributed by atoms with van der Waals surface area (Å²) in [6, 6.07) is 2.02. The topological polar surface area (TPSA) is 58.3 Å². The van der Waals surface area contributed by atoms with E-state index >= 15 is 0 Å². The van der Waals surface area contributed by atoms with Crippen molar-refractivity contribution >= 4 is 23.2 Å². The van der Waals surface area contributed by atoms with Gasteiger partial charge in [-0.1, -0.05) is 11.6 Å². The molecule has 0 fully saturated rings. The first-order chi connectivity index (χ1) is 8.06. The Morgan fingerprint density at radius 1 is 1.53 bits per heavy atom. The van der Waals surface area contributed by atoms with Crippen LogP contribution in [0.1, 0.15) is 6.92 Å². The monoisotopic (exact) mass is 254 g/mol. The number of nitrogens with one attached hydrogen (secondary N) is 1. The fraction of sp³-hybridized carbons (Fsp3) is 0.500. The van der Waals surface area contributed by atoms with E-state index in [4.69, 9.17) is 11.6 Å². The standard InChI is InChI=1S/C10H15ClN6/c1-7(5-16(2)3)14-9-4-8(11)15-10-12-6-13-17(9)10/h4,6-7,14H,5H2,1-3H3. The molecule has 1 atom stereocenters. The van der Waals surface area contributed by atoms with Crippen molar-refractivity contribution < 1.29 is 0 Å². The van der Waals surface area contributed by atoms with Crippen molar-refractivity contribution in [2.45, 2.75) is 13.0 Å². The van der Waals surface area contributed by atoms with Crippen LogP contribution in [0.3, 0.4) is 0 Å². The lowest BCUT2D eigenvalue weighted by molar-refractivity contribution is 0.391. The third-order valence-corrected chi connectivity index (χ3v) is 2.45. The van der Waals surface area contributed by atoms with E-state index in [0.29, 0.717) is 10.9 Å². The highest BCUT2D eigenvalue weighted by Crippen LogP contribution is 2.15. The SMILES string of the molecule is CC(CN(C)C)Nc1cc(Cl)nc2ncnn12. The van der Waals surface area contributed by atoms with Crippen molar-refractivity contribution in [1.82, 2.24) is 24.5 Å². The highest BCUT2D eigenvalue weighted by molar-refractivity contribution is 6.29. The number of likely N-dealkylation sites (N-methyl/N-ethyl adjacent to an activating group) is 1. The molecule has 2 rings (SSSR count). The van der Waals surface area contributed by atoms with Gasteiger partial charge in [-0.3, -0.25) is 0 Å². The Balaban J connectivity index is 2.25. The lowest BCUT2D eigenvalue weighted by atomic mass is 10.3. The lowest BCUT2D eigenvalue weighted by Gasteiger charge is -2.19. The van der Waals surface area contributed by atoms with Crippen LogP contribution in [0.2, 0.25) is 5.15 Å². The van der Waals surface area contributed by atoms with Crippen molar-refractivity contribution in [3.05, 3.63) is 17.5 Å². The first-order valence-electron chi connectivity index (χ1n) is 5.34. The summed E-state index contributed by atoms with van der Waals surface area (Å²) in [6.45, 7) is 3.01. The zero-order chi connectivity index (χ0) is 12.4. The van der Waals surface area contributed by atoms with Gasteiger partial charge in [-0.05, 0) is 21.0 Å².